The van der Waals surface area contributed by atoms with Crippen LogP contribution in [0.4, 0.5) is 5.13 Å². The maximum atomic E-state index is 12.4. The van der Waals surface area contributed by atoms with Crippen LogP contribution < -0.4 is 14.8 Å². The maximum Gasteiger partial charge on any atom is 0.257 e. The van der Waals surface area contributed by atoms with Crippen LogP contribution in [0.25, 0.3) is 0 Å². The Hall–Kier alpha value is -2.19. The van der Waals surface area contributed by atoms with Crippen LogP contribution >= 0.6 is 11.3 Å². The van der Waals surface area contributed by atoms with Crippen molar-refractivity contribution in [1.82, 2.24) is 9.97 Å². The van der Waals surface area contributed by atoms with Crippen molar-refractivity contribution < 1.29 is 19.0 Å². The summed E-state index contributed by atoms with van der Waals surface area (Å²) in [6.45, 7) is 6.05. The number of methoxy groups -OCH3 is 1. The van der Waals surface area contributed by atoms with Crippen molar-refractivity contribution in [2.45, 2.75) is 33.0 Å². The molecule has 0 fully saturated rings. The van der Waals surface area contributed by atoms with Crippen LogP contribution in [0.1, 0.15) is 31.1 Å². The highest BCUT2D eigenvalue weighted by atomic mass is 32.1. The number of thiazole rings is 1. The molecule has 0 aromatic carbocycles. The van der Waals surface area contributed by atoms with Crippen molar-refractivity contribution in [2.24, 2.45) is 0 Å². The molecule has 24 heavy (non-hydrogen) atoms. The molecule has 0 aliphatic rings. The van der Waals surface area contributed by atoms with E-state index in [-0.39, 0.29) is 18.1 Å². The van der Waals surface area contributed by atoms with E-state index >= 15 is 0 Å². The van der Waals surface area contributed by atoms with Gasteiger partial charge < -0.3 is 14.2 Å². The molecular formula is C16H21N3O4S. The van der Waals surface area contributed by atoms with Gasteiger partial charge in [0, 0.05) is 30.8 Å². The van der Waals surface area contributed by atoms with Gasteiger partial charge in [0.25, 0.3) is 5.91 Å². The van der Waals surface area contributed by atoms with Crippen molar-refractivity contribution in [1.29, 1.82) is 0 Å². The molecule has 0 aliphatic carbocycles. The van der Waals surface area contributed by atoms with Crippen LogP contribution in [0.3, 0.4) is 0 Å². The lowest BCUT2D eigenvalue weighted by atomic mass is 10.2. The number of hydrogen-bond acceptors (Lipinski definition) is 7. The standard InChI is InChI=1S/C16H21N3O4S/c1-10(2)22-13-7-12(15(20)19-16-17-5-6-24-16)8-14(18-13)23-11(3)9-21-4/h5-8,10-11H,9H2,1-4H3,(H,17,19,20)/t11-/m1/s1. The Bertz CT molecular complexity index is 661. The molecule has 130 valence electrons. The van der Waals surface area contributed by atoms with Gasteiger partial charge in [-0.25, -0.2) is 4.98 Å². The van der Waals surface area contributed by atoms with Crippen LogP contribution in [-0.4, -0.2) is 41.8 Å². The number of ether oxygens (including phenoxy) is 3. The second kappa shape index (κ2) is 8.60. The normalized spacial score (nSPS) is 12.0. The first kappa shape index (κ1) is 18.2. The number of aromatic nitrogens is 2. The number of hydrogen-bond donors (Lipinski definition) is 1. The number of nitrogens with one attached hydrogen (secondary N) is 1. The second-order valence-corrected chi connectivity index (χ2v) is 6.27. The Morgan fingerprint density at radius 1 is 1.25 bits per heavy atom. The molecule has 2 rings (SSSR count). The summed E-state index contributed by atoms with van der Waals surface area (Å²) in [5, 5.41) is 5.04. The lowest BCUT2D eigenvalue weighted by Gasteiger charge is -2.16. The highest BCUT2D eigenvalue weighted by molar-refractivity contribution is 7.13. The van der Waals surface area contributed by atoms with E-state index in [0.29, 0.717) is 29.1 Å². The smallest absolute Gasteiger partial charge is 0.257 e. The summed E-state index contributed by atoms with van der Waals surface area (Å²) >= 11 is 1.34. The van der Waals surface area contributed by atoms with Crippen LogP contribution in [0.15, 0.2) is 23.7 Å². The predicted octanol–water partition coefficient (Wildman–Crippen LogP) is 2.99. The molecule has 0 radical (unpaired) electrons. The maximum absolute atomic E-state index is 12.4. The number of anilines is 1. The van der Waals surface area contributed by atoms with E-state index in [2.05, 4.69) is 15.3 Å². The zero-order chi connectivity index (χ0) is 17.5. The van der Waals surface area contributed by atoms with Crippen LogP contribution in [0, 0.1) is 0 Å². The molecule has 0 unspecified atom stereocenters. The van der Waals surface area contributed by atoms with Crippen LogP contribution in [-0.2, 0) is 4.74 Å². The second-order valence-electron chi connectivity index (χ2n) is 5.37. The quantitative estimate of drug-likeness (QED) is 0.787. The topological polar surface area (TPSA) is 82.6 Å². The Balaban J connectivity index is 2.22. The third kappa shape index (κ3) is 5.47. The minimum atomic E-state index is -0.301. The Labute approximate surface area is 145 Å². The number of carbonyl (C=O) groups excluding carboxylic acids is 1. The summed E-state index contributed by atoms with van der Waals surface area (Å²) in [7, 11) is 1.60. The van der Waals surface area contributed by atoms with Gasteiger partial charge in [-0.1, -0.05) is 0 Å². The number of carbonyl (C=O) groups is 1. The van der Waals surface area contributed by atoms with E-state index in [4.69, 9.17) is 14.2 Å². The highest BCUT2D eigenvalue weighted by Crippen LogP contribution is 2.21. The fourth-order valence-corrected chi connectivity index (χ4v) is 2.43. The van der Waals surface area contributed by atoms with Gasteiger partial charge in [-0.2, -0.15) is 4.98 Å². The zero-order valence-corrected chi connectivity index (χ0v) is 14.9. The first-order chi connectivity index (χ1) is 11.5. The Morgan fingerprint density at radius 3 is 2.54 bits per heavy atom. The average molecular weight is 351 g/mol. The third-order valence-corrected chi connectivity index (χ3v) is 3.46. The fourth-order valence-electron chi connectivity index (χ4n) is 1.90. The molecule has 1 atom stereocenters. The average Bonchev–Trinajstić information content (AvgIpc) is 2.99. The van der Waals surface area contributed by atoms with E-state index in [1.54, 1.807) is 30.8 Å². The Kier molecular flexibility index (Phi) is 6.51. The first-order valence-electron chi connectivity index (χ1n) is 7.53. The minimum absolute atomic E-state index is 0.0703. The van der Waals surface area contributed by atoms with Gasteiger partial charge in [0.05, 0.1) is 18.3 Å². The monoisotopic (exact) mass is 351 g/mol. The minimum Gasteiger partial charge on any atom is -0.475 e. The van der Waals surface area contributed by atoms with E-state index in [0.717, 1.165) is 0 Å². The highest BCUT2D eigenvalue weighted by Gasteiger charge is 2.15. The largest absolute Gasteiger partial charge is 0.475 e. The summed E-state index contributed by atoms with van der Waals surface area (Å²) in [4.78, 5) is 20.7. The van der Waals surface area contributed by atoms with Gasteiger partial charge in [-0.3, -0.25) is 10.1 Å². The van der Waals surface area contributed by atoms with Gasteiger partial charge in [0.2, 0.25) is 11.8 Å². The van der Waals surface area contributed by atoms with Crippen molar-refractivity contribution in [3.8, 4) is 11.8 Å². The fraction of sp³-hybridized carbons (Fsp3) is 0.438. The van der Waals surface area contributed by atoms with Crippen LogP contribution in [0.2, 0.25) is 0 Å². The van der Waals surface area contributed by atoms with E-state index in [9.17, 15) is 4.79 Å². The van der Waals surface area contributed by atoms with Crippen molar-refractivity contribution in [2.75, 3.05) is 19.0 Å². The van der Waals surface area contributed by atoms with E-state index < -0.39 is 0 Å². The first-order valence-corrected chi connectivity index (χ1v) is 8.41. The molecule has 0 saturated carbocycles. The lowest BCUT2D eigenvalue weighted by Crippen LogP contribution is -2.20. The summed E-state index contributed by atoms with van der Waals surface area (Å²) in [6.07, 6.45) is 1.35. The zero-order valence-electron chi connectivity index (χ0n) is 14.1. The molecule has 0 bridgehead atoms. The van der Waals surface area contributed by atoms with Gasteiger partial charge in [0.15, 0.2) is 5.13 Å². The van der Waals surface area contributed by atoms with Gasteiger partial charge in [-0.15, -0.1) is 11.3 Å². The van der Waals surface area contributed by atoms with Gasteiger partial charge in [0.1, 0.15) is 6.10 Å². The van der Waals surface area contributed by atoms with Crippen LogP contribution in [0.5, 0.6) is 11.8 Å². The molecule has 1 amide bonds. The summed E-state index contributed by atoms with van der Waals surface area (Å²) in [5.74, 6) is 0.337. The SMILES string of the molecule is COC[C@@H](C)Oc1cc(C(=O)Nc2nccs2)cc(OC(C)C)n1. The molecule has 0 saturated heterocycles. The van der Waals surface area contributed by atoms with E-state index in [1.165, 1.54) is 11.3 Å². The summed E-state index contributed by atoms with van der Waals surface area (Å²) in [5.41, 5.74) is 0.385. The van der Waals surface area contributed by atoms with Gasteiger partial charge in [-0.05, 0) is 20.8 Å². The number of nitrogens with zero attached hydrogens (tertiary/aromatic N) is 2. The number of pyridine rings is 1. The van der Waals surface area contributed by atoms with Crippen molar-refractivity contribution in [3.63, 3.8) is 0 Å². The molecule has 0 spiro atoms. The van der Waals surface area contributed by atoms with E-state index in [1.807, 2.05) is 20.8 Å². The molecule has 2 aromatic heterocycles. The molecule has 8 heteroatoms. The molecule has 1 N–H and O–H groups in total. The molecule has 2 aromatic rings. The molecular weight excluding hydrogens is 330 g/mol. The Morgan fingerprint density at radius 2 is 1.96 bits per heavy atom. The molecule has 2 heterocycles. The summed E-state index contributed by atoms with van der Waals surface area (Å²) < 4.78 is 16.3. The summed E-state index contributed by atoms with van der Waals surface area (Å²) in [6, 6.07) is 3.15. The lowest BCUT2D eigenvalue weighted by molar-refractivity contribution is 0.0876. The van der Waals surface area contributed by atoms with Gasteiger partial charge >= 0.3 is 0 Å². The molecule has 0 aliphatic heterocycles. The molecule has 7 nitrogen and oxygen atoms in total. The predicted molar refractivity (Wildman–Crippen MR) is 92.0 cm³/mol. The third-order valence-electron chi connectivity index (χ3n) is 2.77. The number of amides is 1. The van der Waals surface area contributed by atoms with Crippen molar-refractivity contribution >= 4 is 22.4 Å². The number of rotatable bonds is 8. The van der Waals surface area contributed by atoms with Crippen molar-refractivity contribution in [3.05, 3.63) is 29.3 Å².